The molecule has 20 heavy (non-hydrogen) atoms. The van der Waals surface area contributed by atoms with Gasteiger partial charge in [-0.2, -0.15) is 0 Å². The zero-order valence-corrected chi connectivity index (χ0v) is 14.7. The van der Waals surface area contributed by atoms with E-state index in [1.807, 2.05) is 43.4 Å². The minimum atomic E-state index is 0.292. The highest BCUT2D eigenvalue weighted by Crippen LogP contribution is 2.35. The SMILES string of the molecule is CCC(NC)c1ccccc1Oc1ccc(Br)cc1Br. The van der Waals surface area contributed by atoms with Gasteiger partial charge < -0.3 is 10.1 Å². The molecule has 0 heterocycles. The zero-order chi connectivity index (χ0) is 14.5. The molecule has 4 heteroatoms. The van der Waals surface area contributed by atoms with Crippen molar-refractivity contribution < 1.29 is 4.74 Å². The van der Waals surface area contributed by atoms with E-state index in [9.17, 15) is 0 Å². The lowest BCUT2D eigenvalue weighted by atomic mass is 10.0. The monoisotopic (exact) mass is 397 g/mol. The second-order valence-electron chi connectivity index (χ2n) is 4.46. The Morgan fingerprint density at radius 1 is 1.10 bits per heavy atom. The Bertz CT molecular complexity index is 582. The van der Waals surface area contributed by atoms with E-state index in [-0.39, 0.29) is 0 Å². The van der Waals surface area contributed by atoms with E-state index in [1.54, 1.807) is 0 Å². The number of hydrogen-bond acceptors (Lipinski definition) is 2. The van der Waals surface area contributed by atoms with Gasteiger partial charge in [0, 0.05) is 16.1 Å². The molecule has 0 aliphatic rings. The summed E-state index contributed by atoms with van der Waals surface area (Å²) in [6, 6.07) is 14.3. The quantitative estimate of drug-likeness (QED) is 0.699. The van der Waals surface area contributed by atoms with Gasteiger partial charge in [-0.25, -0.2) is 0 Å². The third-order valence-electron chi connectivity index (χ3n) is 3.16. The summed E-state index contributed by atoms with van der Waals surface area (Å²) in [7, 11) is 1.97. The van der Waals surface area contributed by atoms with Gasteiger partial charge in [0.25, 0.3) is 0 Å². The van der Waals surface area contributed by atoms with Crippen molar-refractivity contribution in [3.63, 3.8) is 0 Å². The van der Waals surface area contributed by atoms with Crippen LogP contribution in [0.2, 0.25) is 0 Å². The summed E-state index contributed by atoms with van der Waals surface area (Å²) in [5.74, 6) is 1.70. The number of benzene rings is 2. The number of nitrogens with one attached hydrogen (secondary N) is 1. The van der Waals surface area contributed by atoms with Crippen LogP contribution in [0.4, 0.5) is 0 Å². The van der Waals surface area contributed by atoms with Crippen molar-refractivity contribution in [2.24, 2.45) is 0 Å². The van der Waals surface area contributed by atoms with E-state index in [1.165, 1.54) is 5.56 Å². The third kappa shape index (κ3) is 3.62. The largest absolute Gasteiger partial charge is 0.456 e. The first-order chi connectivity index (χ1) is 9.65. The van der Waals surface area contributed by atoms with Gasteiger partial charge in [0.05, 0.1) is 4.47 Å². The fourth-order valence-corrected chi connectivity index (χ4v) is 3.25. The molecule has 0 saturated heterocycles. The van der Waals surface area contributed by atoms with E-state index >= 15 is 0 Å². The maximum atomic E-state index is 6.07. The van der Waals surface area contributed by atoms with E-state index in [0.717, 1.165) is 26.9 Å². The Balaban J connectivity index is 2.33. The maximum absolute atomic E-state index is 6.07. The van der Waals surface area contributed by atoms with Crippen molar-refractivity contribution in [1.29, 1.82) is 0 Å². The normalized spacial score (nSPS) is 12.2. The minimum Gasteiger partial charge on any atom is -0.456 e. The van der Waals surface area contributed by atoms with Crippen LogP contribution in [0, 0.1) is 0 Å². The van der Waals surface area contributed by atoms with Gasteiger partial charge in [0.2, 0.25) is 0 Å². The first-order valence-electron chi connectivity index (χ1n) is 6.54. The molecule has 0 fully saturated rings. The predicted octanol–water partition coefficient (Wildman–Crippen LogP) is 5.67. The molecule has 0 aromatic heterocycles. The predicted molar refractivity (Wildman–Crippen MR) is 90.4 cm³/mol. The van der Waals surface area contributed by atoms with Crippen molar-refractivity contribution in [3.8, 4) is 11.5 Å². The fraction of sp³-hybridized carbons (Fsp3) is 0.250. The molecule has 2 aromatic carbocycles. The summed E-state index contributed by atoms with van der Waals surface area (Å²) in [5.41, 5.74) is 1.17. The molecule has 2 rings (SSSR count). The molecule has 0 saturated carbocycles. The van der Waals surface area contributed by atoms with E-state index in [2.05, 4.69) is 50.2 Å². The molecule has 1 atom stereocenters. The van der Waals surface area contributed by atoms with E-state index in [4.69, 9.17) is 4.74 Å². The highest BCUT2D eigenvalue weighted by molar-refractivity contribution is 9.11. The first kappa shape index (κ1) is 15.5. The number of rotatable bonds is 5. The van der Waals surface area contributed by atoms with Crippen molar-refractivity contribution in [3.05, 3.63) is 57.0 Å². The minimum absolute atomic E-state index is 0.292. The van der Waals surface area contributed by atoms with Crippen LogP contribution in [0.15, 0.2) is 51.4 Å². The molecular weight excluding hydrogens is 382 g/mol. The smallest absolute Gasteiger partial charge is 0.141 e. The zero-order valence-electron chi connectivity index (χ0n) is 11.5. The molecule has 0 amide bonds. The average Bonchev–Trinajstić information content (AvgIpc) is 2.45. The van der Waals surface area contributed by atoms with Gasteiger partial charge in [-0.05, 0) is 53.7 Å². The lowest BCUT2D eigenvalue weighted by Crippen LogP contribution is -2.15. The second kappa shape index (κ2) is 7.25. The summed E-state index contributed by atoms with van der Waals surface area (Å²) in [4.78, 5) is 0. The molecule has 0 spiro atoms. The molecule has 0 aliphatic carbocycles. The standard InChI is InChI=1S/C16H17Br2NO/c1-3-14(19-2)12-6-4-5-7-15(12)20-16-9-8-11(17)10-13(16)18/h4-10,14,19H,3H2,1-2H3. The van der Waals surface area contributed by atoms with Crippen LogP contribution < -0.4 is 10.1 Å². The van der Waals surface area contributed by atoms with Crippen molar-refractivity contribution in [2.75, 3.05) is 7.05 Å². The van der Waals surface area contributed by atoms with Crippen molar-refractivity contribution >= 4 is 31.9 Å². The third-order valence-corrected chi connectivity index (χ3v) is 4.28. The van der Waals surface area contributed by atoms with E-state index in [0.29, 0.717) is 6.04 Å². The van der Waals surface area contributed by atoms with Gasteiger partial charge in [-0.15, -0.1) is 0 Å². The molecule has 1 unspecified atom stereocenters. The Morgan fingerprint density at radius 3 is 2.50 bits per heavy atom. The lowest BCUT2D eigenvalue weighted by Gasteiger charge is -2.19. The van der Waals surface area contributed by atoms with Crippen molar-refractivity contribution in [1.82, 2.24) is 5.32 Å². The summed E-state index contributed by atoms with van der Waals surface area (Å²) < 4.78 is 8.02. The van der Waals surface area contributed by atoms with Crippen LogP contribution in [-0.4, -0.2) is 7.05 Å². The molecular formula is C16H17Br2NO. The molecule has 0 radical (unpaired) electrons. The summed E-state index contributed by atoms with van der Waals surface area (Å²) >= 11 is 6.98. The molecule has 0 aliphatic heterocycles. The van der Waals surface area contributed by atoms with Gasteiger partial charge in [-0.1, -0.05) is 41.1 Å². The summed E-state index contributed by atoms with van der Waals surface area (Å²) in [6.45, 7) is 2.16. The first-order valence-corrected chi connectivity index (χ1v) is 8.13. The average molecular weight is 399 g/mol. The molecule has 2 nitrogen and oxygen atoms in total. The summed E-state index contributed by atoms with van der Waals surface area (Å²) in [6.07, 6.45) is 1.01. The van der Waals surface area contributed by atoms with Gasteiger partial charge in [-0.3, -0.25) is 0 Å². The number of halogens is 2. The fourth-order valence-electron chi connectivity index (χ4n) is 2.12. The lowest BCUT2D eigenvalue weighted by molar-refractivity contribution is 0.456. The Hall–Kier alpha value is -0.840. The topological polar surface area (TPSA) is 21.3 Å². The second-order valence-corrected chi connectivity index (χ2v) is 6.23. The number of para-hydroxylation sites is 1. The molecule has 0 bridgehead atoms. The van der Waals surface area contributed by atoms with Gasteiger partial charge in [0.1, 0.15) is 11.5 Å². The van der Waals surface area contributed by atoms with Crippen LogP contribution in [0.1, 0.15) is 24.9 Å². The Labute approximate surface area is 136 Å². The van der Waals surface area contributed by atoms with Crippen LogP contribution in [0.5, 0.6) is 11.5 Å². The maximum Gasteiger partial charge on any atom is 0.141 e. The Kier molecular flexibility index (Phi) is 5.64. The molecule has 1 N–H and O–H groups in total. The van der Waals surface area contributed by atoms with Gasteiger partial charge in [0.15, 0.2) is 0 Å². The molecule has 106 valence electrons. The number of hydrogen-bond donors (Lipinski definition) is 1. The highest BCUT2D eigenvalue weighted by atomic mass is 79.9. The van der Waals surface area contributed by atoms with Crippen LogP contribution in [0.25, 0.3) is 0 Å². The van der Waals surface area contributed by atoms with Crippen molar-refractivity contribution in [2.45, 2.75) is 19.4 Å². The van der Waals surface area contributed by atoms with Crippen LogP contribution in [0.3, 0.4) is 0 Å². The number of ether oxygens (including phenoxy) is 1. The van der Waals surface area contributed by atoms with Gasteiger partial charge >= 0.3 is 0 Å². The summed E-state index contributed by atoms with van der Waals surface area (Å²) in [5, 5.41) is 3.32. The highest BCUT2D eigenvalue weighted by Gasteiger charge is 2.13. The Morgan fingerprint density at radius 2 is 1.85 bits per heavy atom. The van der Waals surface area contributed by atoms with Crippen LogP contribution >= 0.6 is 31.9 Å². The molecule has 2 aromatic rings. The van der Waals surface area contributed by atoms with Crippen LogP contribution in [-0.2, 0) is 0 Å². The van der Waals surface area contributed by atoms with E-state index < -0.39 is 0 Å².